The van der Waals surface area contributed by atoms with Crippen molar-refractivity contribution < 1.29 is 33.7 Å². The molecule has 0 aromatic heterocycles. The zero-order valence-electron chi connectivity index (χ0n) is 18.5. The van der Waals surface area contributed by atoms with Crippen LogP contribution in [0.4, 0.5) is 0 Å². The fraction of sp³-hybridized carbons (Fsp3) is 0.708. The molecule has 2 aliphatic heterocycles. The average Bonchev–Trinajstić information content (AvgIpc) is 2.87. The number of carbonyl (C=O) groups excluding carboxylic acids is 3. The van der Waals surface area contributed by atoms with Gasteiger partial charge in [-0.25, -0.2) is 0 Å². The van der Waals surface area contributed by atoms with E-state index in [9.17, 15) is 19.5 Å². The van der Waals surface area contributed by atoms with E-state index in [0.29, 0.717) is 12.8 Å². The van der Waals surface area contributed by atoms with Crippen LogP contribution in [0.25, 0.3) is 0 Å². The van der Waals surface area contributed by atoms with Crippen LogP contribution in [0.5, 0.6) is 0 Å². The van der Waals surface area contributed by atoms with Crippen LogP contribution in [0.3, 0.4) is 0 Å². The van der Waals surface area contributed by atoms with E-state index in [4.69, 9.17) is 14.2 Å². The summed E-state index contributed by atoms with van der Waals surface area (Å²) in [4.78, 5) is 37.9. The Kier molecular flexibility index (Phi) is 4.09. The zero-order valence-corrected chi connectivity index (χ0v) is 18.5. The van der Waals surface area contributed by atoms with Gasteiger partial charge in [0.05, 0.1) is 17.4 Å². The van der Waals surface area contributed by atoms with Crippen molar-refractivity contribution in [2.75, 3.05) is 6.61 Å². The SMILES string of the molecule is C=C1C2CC[C@@H]3[C@@]45CO[C@](O)(C(OC(C)=O)[C@@H]4C(C)(C)C=CC5=O)[C@]3(C2)C1OC(C)=O. The number of carbonyl (C=O) groups is 3. The van der Waals surface area contributed by atoms with Crippen molar-refractivity contribution in [3.63, 3.8) is 0 Å². The van der Waals surface area contributed by atoms with E-state index >= 15 is 0 Å². The molecule has 0 radical (unpaired) electrons. The second-order valence-electron chi connectivity index (χ2n) is 10.7. The lowest BCUT2D eigenvalue weighted by molar-refractivity contribution is -0.441. The minimum Gasteiger partial charge on any atom is -0.457 e. The lowest BCUT2D eigenvalue weighted by atomic mass is 9.37. The van der Waals surface area contributed by atoms with Gasteiger partial charge < -0.3 is 19.3 Å². The smallest absolute Gasteiger partial charge is 0.303 e. The van der Waals surface area contributed by atoms with Crippen LogP contribution < -0.4 is 0 Å². The second kappa shape index (κ2) is 6.07. The molecule has 0 amide bonds. The molecule has 4 aliphatic carbocycles. The van der Waals surface area contributed by atoms with Crippen molar-refractivity contribution in [2.24, 2.45) is 34.0 Å². The van der Waals surface area contributed by atoms with E-state index in [1.807, 2.05) is 19.9 Å². The Morgan fingerprint density at radius 2 is 1.87 bits per heavy atom. The molecular formula is C24H30O7. The van der Waals surface area contributed by atoms with E-state index in [0.717, 1.165) is 12.0 Å². The normalized spacial score (nSPS) is 48.7. The topological polar surface area (TPSA) is 99.1 Å². The number of ketones is 1. The molecule has 6 rings (SSSR count). The summed E-state index contributed by atoms with van der Waals surface area (Å²) in [6, 6.07) is 0. The van der Waals surface area contributed by atoms with Crippen LogP contribution in [0.15, 0.2) is 24.3 Å². The first-order valence-electron chi connectivity index (χ1n) is 11.0. The van der Waals surface area contributed by atoms with Crippen LogP contribution in [-0.2, 0) is 28.6 Å². The number of allylic oxidation sites excluding steroid dienone is 2. The molecule has 2 saturated heterocycles. The Labute approximate surface area is 181 Å². The summed E-state index contributed by atoms with van der Waals surface area (Å²) in [5.41, 5.74) is -1.84. The third kappa shape index (κ3) is 2.24. The van der Waals surface area contributed by atoms with Crippen molar-refractivity contribution in [2.45, 2.75) is 65.0 Å². The predicted molar refractivity (Wildman–Crippen MR) is 108 cm³/mol. The quantitative estimate of drug-likeness (QED) is 0.530. The molecule has 3 saturated carbocycles. The molecule has 2 spiro atoms. The molecule has 3 unspecified atom stereocenters. The van der Waals surface area contributed by atoms with E-state index in [1.165, 1.54) is 13.8 Å². The summed E-state index contributed by atoms with van der Waals surface area (Å²) >= 11 is 0. The molecule has 31 heavy (non-hydrogen) atoms. The van der Waals surface area contributed by atoms with Crippen molar-refractivity contribution in [1.82, 2.24) is 0 Å². The molecule has 168 valence electrons. The fourth-order valence-corrected chi connectivity index (χ4v) is 8.02. The monoisotopic (exact) mass is 430 g/mol. The Bertz CT molecular complexity index is 934. The number of esters is 2. The third-order valence-electron chi connectivity index (χ3n) is 8.90. The lowest BCUT2D eigenvalue weighted by Gasteiger charge is -2.72. The van der Waals surface area contributed by atoms with Gasteiger partial charge in [-0.3, -0.25) is 14.4 Å². The van der Waals surface area contributed by atoms with Crippen LogP contribution in [-0.4, -0.2) is 47.4 Å². The third-order valence-corrected chi connectivity index (χ3v) is 8.90. The number of rotatable bonds is 2. The first-order valence-corrected chi connectivity index (χ1v) is 11.0. The first kappa shape index (κ1) is 20.9. The van der Waals surface area contributed by atoms with E-state index < -0.39 is 52.1 Å². The molecule has 8 atom stereocenters. The summed E-state index contributed by atoms with van der Waals surface area (Å²) in [5, 5.41) is 12.3. The van der Waals surface area contributed by atoms with Gasteiger partial charge in [0, 0.05) is 19.8 Å². The molecule has 0 aromatic rings. The van der Waals surface area contributed by atoms with Gasteiger partial charge in [0.2, 0.25) is 5.79 Å². The van der Waals surface area contributed by atoms with E-state index in [-0.39, 0.29) is 24.2 Å². The van der Waals surface area contributed by atoms with Gasteiger partial charge in [0.1, 0.15) is 6.10 Å². The van der Waals surface area contributed by atoms with Gasteiger partial charge in [0.25, 0.3) is 0 Å². The second-order valence-corrected chi connectivity index (χ2v) is 10.7. The number of aliphatic hydroxyl groups is 1. The van der Waals surface area contributed by atoms with E-state index in [2.05, 4.69) is 6.58 Å². The predicted octanol–water partition coefficient (Wildman–Crippen LogP) is 2.32. The van der Waals surface area contributed by atoms with Gasteiger partial charge in [0.15, 0.2) is 11.9 Å². The lowest BCUT2D eigenvalue weighted by Crippen LogP contribution is -2.83. The largest absolute Gasteiger partial charge is 0.457 e. The maximum Gasteiger partial charge on any atom is 0.303 e. The van der Waals surface area contributed by atoms with Crippen LogP contribution in [0.1, 0.15) is 47.0 Å². The summed E-state index contributed by atoms with van der Waals surface area (Å²) in [7, 11) is 0. The van der Waals surface area contributed by atoms with Crippen LogP contribution in [0.2, 0.25) is 0 Å². The first-order chi connectivity index (χ1) is 14.4. The summed E-state index contributed by atoms with van der Waals surface area (Å²) in [5.74, 6) is -3.70. The van der Waals surface area contributed by atoms with Crippen molar-refractivity contribution in [1.29, 1.82) is 0 Å². The highest BCUT2D eigenvalue weighted by atomic mass is 16.7. The maximum atomic E-state index is 13.6. The summed E-state index contributed by atoms with van der Waals surface area (Å²) in [6.07, 6.45) is 3.57. The molecular weight excluding hydrogens is 400 g/mol. The minimum atomic E-state index is -1.89. The summed E-state index contributed by atoms with van der Waals surface area (Å²) < 4.78 is 17.7. The zero-order chi connectivity index (χ0) is 22.6. The molecule has 7 heteroatoms. The highest BCUT2D eigenvalue weighted by Gasteiger charge is 2.85. The highest BCUT2D eigenvalue weighted by molar-refractivity contribution is 5.97. The number of ether oxygens (including phenoxy) is 3. The molecule has 6 aliphatic rings. The van der Waals surface area contributed by atoms with Crippen molar-refractivity contribution in [3.05, 3.63) is 24.3 Å². The van der Waals surface area contributed by atoms with Gasteiger partial charge in [-0.05, 0) is 48.2 Å². The number of hydrogen-bond acceptors (Lipinski definition) is 7. The highest BCUT2D eigenvalue weighted by Crippen LogP contribution is 2.77. The Balaban J connectivity index is 1.80. The Morgan fingerprint density at radius 1 is 1.19 bits per heavy atom. The Morgan fingerprint density at radius 3 is 2.52 bits per heavy atom. The van der Waals surface area contributed by atoms with E-state index in [1.54, 1.807) is 6.08 Å². The minimum absolute atomic E-state index is 0.0441. The summed E-state index contributed by atoms with van der Waals surface area (Å²) in [6.45, 7) is 10.9. The maximum absolute atomic E-state index is 13.6. The Hall–Kier alpha value is -1.99. The fourth-order valence-electron chi connectivity index (χ4n) is 8.02. The van der Waals surface area contributed by atoms with Gasteiger partial charge in [-0.1, -0.05) is 26.5 Å². The van der Waals surface area contributed by atoms with Gasteiger partial charge in [-0.2, -0.15) is 0 Å². The standard InChI is InChI=1S/C24H30O7/c1-12-15-6-7-16-22-11-29-24(28,23(16,10-15)19(12)30-13(2)25)20(31-14(3)26)18(22)21(4,5)9-8-17(22)27/h8-9,15-16,18-20,28H,1,6-7,10-11H2,2-5H3/t15?,16-,18-,19?,20?,22-,23+,24-/m1/s1. The average molecular weight is 430 g/mol. The number of hydrogen-bond donors (Lipinski definition) is 1. The van der Waals surface area contributed by atoms with Crippen molar-refractivity contribution in [3.8, 4) is 0 Å². The van der Waals surface area contributed by atoms with Gasteiger partial charge >= 0.3 is 11.9 Å². The van der Waals surface area contributed by atoms with Crippen LogP contribution in [0, 0.1) is 34.0 Å². The molecule has 2 heterocycles. The number of fused-ring (bicyclic) bond motifs is 2. The van der Waals surface area contributed by atoms with Crippen LogP contribution >= 0.6 is 0 Å². The van der Waals surface area contributed by atoms with Gasteiger partial charge in [-0.15, -0.1) is 0 Å². The molecule has 0 aromatic carbocycles. The van der Waals surface area contributed by atoms with Crippen molar-refractivity contribution >= 4 is 17.7 Å². The molecule has 1 N–H and O–H groups in total. The molecule has 4 bridgehead atoms. The molecule has 7 nitrogen and oxygen atoms in total. The molecule has 5 fully saturated rings.